The van der Waals surface area contributed by atoms with Crippen molar-refractivity contribution < 1.29 is 4.79 Å². The Morgan fingerprint density at radius 2 is 2.00 bits per heavy atom. The molecule has 0 aliphatic heterocycles. The molecule has 5 nitrogen and oxygen atoms in total. The number of anilines is 2. The van der Waals surface area contributed by atoms with Crippen molar-refractivity contribution in [2.24, 2.45) is 5.73 Å². The highest BCUT2D eigenvalue weighted by atomic mass is 16.2. The molecule has 0 unspecified atom stereocenters. The summed E-state index contributed by atoms with van der Waals surface area (Å²) in [7, 11) is 0. The lowest BCUT2D eigenvalue weighted by Gasteiger charge is -2.08. The maximum atomic E-state index is 11.8. The summed E-state index contributed by atoms with van der Waals surface area (Å²) in [5, 5.41) is 5.42. The van der Waals surface area contributed by atoms with Crippen LogP contribution in [-0.4, -0.2) is 11.0 Å². The van der Waals surface area contributed by atoms with E-state index in [0.29, 0.717) is 18.1 Å². The third-order valence-corrected chi connectivity index (χ3v) is 2.55. The largest absolute Gasteiger partial charge is 0.326 e. The number of hydrogen-bond donors (Lipinski definition) is 3. The molecule has 0 atom stereocenters. The molecule has 0 saturated heterocycles. The fraction of sp³-hybridized carbons (Fsp3) is 0.143. The number of aryl methyl sites for hydroxylation is 1. The molecule has 0 aliphatic carbocycles. The molecular formula is C14H16N4O. The Morgan fingerprint density at radius 3 is 2.74 bits per heavy atom. The molecule has 2 rings (SSSR count). The predicted molar refractivity (Wildman–Crippen MR) is 75.9 cm³/mol. The first-order valence-electron chi connectivity index (χ1n) is 5.98. The number of pyridine rings is 1. The molecular weight excluding hydrogens is 240 g/mol. The first-order chi connectivity index (χ1) is 9.17. The molecule has 98 valence electrons. The molecule has 1 heterocycles. The standard InChI is InChI=1S/C14H16N4O/c1-10-4-2-7-13(16-10)18-14(19)17-12-6-3-5-11(8-12)9-15/h2-8H,9,15H2,1H3,(H2,16,17,18,19). The topological polar surface area (TPSA) is 80.0 Å². The van der Waals surface area contributed by atoms with Gasteiger partial charge in [-0.1, -0.05) is 18.2 Å². The van der Waals surface area contributed by atoms with E-state index in [1.165, 1.54) is 0 Å². The summed E-state index contributed by atoms with van der Waals surface area (Å²) >= 11 is 0. The highest BCUT2D eigenvalue weighted by Crippen LogP contribution is 2.11. The summed E-state index contributed by atoms with van der Waals surface area (Å²) < 4.78 is 0. The van der Waals surface area contributed by atoms with Crippen molar-refractivity contribution in [3.63, 3.8) is 0 Å². The number of rotatable bonds is 3. The second-order valence-electron chi connectivity index (χ2n) is 4.15. The molecule has 2 amide bonds. The van der Waals surface area contributed by atoms with Crippen molar-refractivity contribution in [2.45, 2.75) is 13.5 Å². The molecule has 0 bridgehead atoms. The SMILES string of the molecule is Cc1cccc(NC(=O)Nc2cccc(CN)c2)n1. The fourth-order valence-corrected chi connectivity index (χ4v) is 1.67. The number of carbonyl (C=O) groups is 1. The minimum absolute atomic E-state index is 0.327. The van der Waals surface area contributed by atoms with Gasteiger partial charge in [0.2, 0.25) is 0 Å². The quantitative estimate of drug-likeness (QED) is 0.789. The van der Waals surface area contributed by atoms with E-state index in [-0.39, 0.29) is 6.03 Å². The van der Waals surface area contributed by atoms with Gasteiger partial charge in [-0.15, -0.1) is 0 Å². The molecule has 0 saturated carbocycles. The van der Waals surface area contributed by atoms with Crippen LogP contribution in [0.25, 0.3) is 0 Å². The van der Waals surface area contributed by atoms with Crippen LogP contribution in [0.2, 0.25) is 0 Å². The lowest BCUT2D eigenvalue weighted by atomic mass is 10.2. The Bertz CT molecular complexity index is 583. The van der Waals surface area contributed by atoms with E-state index in [4.69, 9.17) is 5.73 Å². The number of amides is 2. The molecule has 2 aromatic rings. The van der Waals surface area contributed by atoms with Crippen LogP contribution in [0.15, 0.2) is 42.5 Å². The van der Waals surface area contributed by atoms with E-state index in [1.54, 1.807) is 6.07 Å². The van der Waals surface area contributed by atoms with Gasteiger partial charge in [-0.25, -0.2) is 9.78 Å². The van der Waals surface area contributed by atoms with Crippen molar-refractivity contribution >= 4 is 17.5 Å². The van der Waals surface area contributed by atoms with E-state index in [1.807, 2.05) is 43.3 Å². The zero-order valence-corrected chi connectivity index (χ0v) is 10.7. The first-order valence-corrected chi connectivity index (χ1v) is 5.98. The van der Waals surface area contributed by atoms with Gasteiger partial charge >= 0.3 is 6.03 Å². The van der Waals surface area contributed by atoms with Gasteiger partial charge in [0.15, 0.2) is 0 Å². The zero-order valence-electron chi connectivity index (χ0n) is 10.7. The zero-order chi connectivity index (χ0) is 13.7. The van der Waals surface area contributed by atoms with Crippen molar-refractivity contribution in [2.75, 3.05) is 10.6 Å². The maximum Gasteiger partial charge on any atom is 0.324 e. The molecule has 0 radical (unpaired) electrons. The summed E-state index contributed by atoms with van der Waals surface area (Å²) in [5.74, 6) is 0.521. The Labute approximate surface area is 111 Å². The first kappa shape index (κ1) is 13.0. The third kappa shape index (κ3) is 3.79. The minimum Gasteiger partial charge on any atom is -0.326 e. The van der Waals surface area contributed by atoms with E-state index in [9.17, 15) is 4.79 Å². The summed E-state index contributed by atoms with van der Waals surface area (Å²) in [6.07, 6.45) is 0. The van der Waals surface area contributed by atoms with E-state index >= 15 is 0 Å². The Hall–Kier alpha value is -2.40. The van der Waals surface area contributed by atoms with E-state index in [0.717, 1.165) is 11.3 Å². The van der Waals surface area contributed by atoms with Crippen LogP contribution < -0.4 is 16.4 Å². The summed E-state index contributed by atoms with van der Waals surface area (Å²) in [4.78, 5) is 16.0. The average Bonchev–Trinajstić information content (AvgIpc) is 2.38. The number of urea groups is 1. The summed E-state index contributed by atoms with van der Waals surface area (Å²) in [6.45, 7) is 2.31. The smallest absolute Gasteiger partial charge is 0.324 e. The van der Waals surface area contributed by atoms with Gasteiger partial charge in [0.25, 0.3) is 0 Å². The van der Waals surface area contributed by atoms with Gasteiger partial charge in [0, 0.05) is 17.9 Å². The van der Waals surface area contributed by atoms with Crippen molar-refractivity contribution in [1.29, 1.82) is 0 Å². The second-order valence-corrected chi connectivity index (χ2v) is 4.15. The Kier molecular flexibility index (Phi) is 4.10. The van der Waals surface area contributed by atoms with Crippen molar-refractivity contribution in [3.8, 4) is 0 Å². The Balaban J connectivity index is 2.01. The van der Waals surface area contributed by atoms with Crippen LogP contribution in [-0.2, 0) is 6.54 Å². The lowest BCUT2D eigenvalue weighted by molar-refractivity contribution is 0.262. The van der Waals surface area contributed by atoms with Crippen LogP contribution >= 0.6 is 0 Å². The molecule has 4 N–H and O–H groups in total. The lowest BCUT2D eigenvalue weighted by Crippen LogP contribution is -2.20. The highest BCUT2D eigenvalue weighted by Gasteiger charge is 2.03. The van der Waals surface area contributed by atoms with Crippen LogP contribution in [0, 0.1) is 6.92 Å². The number of hydrogen-bond acceptors (Lipinski definition) is 3. The molecule has 0 aliphatic rings. The Morgan fingerprint density at radius 1 is 1.21 bits per heavy atom. The average molecular weight is 256 g/mol. The molecule has 5 heteroatoms. The van der Waals surface area contributed by atoms with Gasteiger partial charge in [0.05, 0.1) is 0 Å². The van der Waals surface area contributed by atoms with Crippen LogP contribution in [0.4, 0.5) is 16.3 Å². The van der Waals surface area contributed by atoms with E-state index in [2.05, 4.69) is 15.6 Å². The number of benzene rings is 1. The number of carbonyl (C=O) groups excluding carboxylic acids is 1. The van der Waals surface area contributed by atoms with Crippen LogP contribution in [0.5, 0.6) is 0 Å². The monoisotopic (exact) mass is 256 g/mol. The second kappa shape index (κ2) is 5.97. The molecule has 1 aromatic carbocycles. The van der Waals surface area contributed by atoms with Crippen molar-refractivity contribution in [1.82, 2.24) is 4.98 Å². The van der Waals surface area contributed by atoms with Gasteiger partial charge < -0.3 is 11.1 Å². The van der Waals surface area contributed by atoms with Crippen molar-refractivity contribution in [3.05, 3.63) is 53.7 Å². The minimum atomic E-state index is -0.327. The van der Waals surface area contributed by atoms with Gasteiger partial charge in [-0.2, -0.15) is 0 Å². The predicted octanol–water partition coefficient (Wildman–Crippen LogP) is 2.49. The molecule has 0 fully saturated rings. The molecule has 0 spiro atoms. The maximum absolute atomic E-state index is 11.8. The summed E-state index contributed by atoms with van der Waals surface area (Å²) in [5.41, 5.74) is 8.07. The van der Waals surface area contributed by atoms with Gasteiger partial charge in [-0.3, -0.25) is 5.32 Å². The normalized spacial score (nSPS) is 10.0. The van der Waals surface area contributed by atoms with Crippen LogP contribution in [0.3, 0.4) is 0 Å². The van der Waals surface area contributed by atoms with Gasteiger partial charge in [-0.05, 0) is 36.8 Å². The number of nitrogens with one attached hydrogen (secondary N) is 2. The number of nitrogens with two attached hydrogens (primary N) is 1. The molecule has 19 heavy (non-hydrogen) atoms. The number of nitrogens with zero attached hydrogens (tertiary/aromatic N) is 1. The molecule has 1 aromatic heterocycles. The summed E-state index contributed by atoms with van der Waals surface area (Å²) in [6, 6.07) is 12.5. The number of aromatic nitrogens is 1. The van der Waals surface area contributed by atoms with Crippen LogP contribution in [0.1, 0.15) is 11.3 Å². The third-order valence-electron chi connectivity index (χ3n) is 2.55. The van der Waals surface area contributed by atoms with Gasteiger partial charge in [0.1, 0.15) is 5.82 Å². The fourth-order valence-electron chi connectivity index (χ4n) is 1.67. The highest BCUT2D eigenvalue weighted by molar-refractivity contribution is 5.99. The van der Waals surface area contributed by atoms with E-state index < -0.39 is 0 Å².